The highest BCUT2D eigenvalue weighted by Gasteiger charge is 2.16. The van der Waals surface area contributed by atoms with Crippen LogP contribution in [0.2, 0.25) is 0 Å². The predicted octanol–water partition coefficient (Wildman–Crippen LogP) is 4.68. The molecule has 0 radical (unpaired) electrons. The van der Waals surface area contributed by atoms with Crippen molar-refractivity contribution in [1.82, 2.24) is 4.57 Å². The fourth-order valence-electron chi connectivity index (χ4n) is 3.45. The third-order valence-corrected chi connectivity index (χ3v) is 4.92. The van der Waals surface area contributed by atoms with E-state index in [-0.39, 0.29) is 5.56 Å². The summed E-state index contributed by atoms with van der Waals surface area (Å²) in [6.45, 7) is 0. The number of benzene rings is 3. The van der Waals surface area contributed by atoms with Crippen LogP contribution >= 0.6 is 0 Å². The lowest BCUT2D eigenvalue weighted by Gasteiger charge is -2.17. The second-order valence-electron chi connectivity index (χ2n) is 6.53. The Morgan fingerprint density at radius 1 is 0.724 bits per heavy atom. The Balaban J connectivity index is 2.07. The number of aromatic nitrogens is 1. The third kappa shape index (κ3) is 3.31. The number of pyridine rings is 1. The average molecular weight is 387 g/mol. The highest BCUT2D eigenvalue weighted by atomic mass is 16.5. The van der Waals surface area contributed by atoms with Crippen LogP contribution in [-0.4, -0.2) is 25.9 Å². The molecule has 1 heterocycles. The van der Waals surface area contributed by atoms with Gasteiger partial charge in [-0.2, -0.15) is 0 Å². The monoisotopic (exact) mass is 387 g/mol. The lowest BCUT2D eigenvalue weighted by Crippen LogP contribution is -2.20. The van der Waals surface area contributed by atoms with Crippen molar-refractivity contribution >= 4 is 10.8 Å². The van der Waals surface area contributed by atoms with Gasteiger partial charge in [-0.25, -0.2) is 0 Å². The van der Waals surface area contributed by atoms with Gasteiger partial charge in [-0.05, 0) is 53.4 Å². The molecule has 0 aliphatic heterocycles. The number of hydrogen-bond acceptors (Lipinski definition) is 4. The molecule has 0 atom stereocenters. The highest BCUT2D eigenvalue weighted by Crippen LogP contribution is 2.33. The van der Waals surface area contributed by atoms with Crippen molar-refractivity contribution in [3.05, 3.63) is 83.2 Å². The van der Waals surface area contributed by atoms with Crippen LogP contribution in [0.25, 0.3) is 27.7 Å². The van der Waals surface area contributed by atoms with Crippen LogP contribution in [0, 0.1) is 0 Å². The largest absolute Gasteiger partial charge is 0.497 e. The van der Waals surface area contributed by atoms with E-state index >= 15 is 0 Å². The lowest BCUT2D eigenvalue weighted by atomic mass is 10.0. The van der Waals surface area contributed by atoms with Crippen LogP contribution in [0.5, 0.6) is 17.2 Å². The fourth-order valence-corrected chi connectivity index (χ4v) is 3.45. The second kappa shape index (κ2) is 7.72. The summed E-state index contributed by atoms with van der Waals surface area (Å²) in [5.74, 6) is 1.83. The van der Waals surface area contributed by atoms with E-state index < -0.39 is 0 Å². The van der Waals surface area contributed by atoms with Crippen LogP contribution in [0.15, 0.2) is 77.6 Å². The Morgan fingerprint density at radius 3 is 2.00 bits per heavy atom. The summed E-state index contributed by atoms with van der Waals surface area (Å²) >= 11 is 0. The second-order valence-corrected chi connectivity index (χ2v) is 6.53. The number of hydrogen-bond donors (Lipinski definition) is 0. The van der Waals surface area contributed by atoms with Gasteiger partial charge in [0.25, 0.3) is 5.56 Å². The molecule has 0 N–H and O–H groups in total. The van der Waals surface area contributed by atoms with Gasteiger partial charge in [-0.3, -0.25) is 9.36 Å². The van der Waals surface area contributed by atoms with Gasteiger partial charge in [0, 0.05) is 5.69 Å². The van der Waals surface area contributed by atoms with Crippen molar-refractivity contribution in [3.8, 4) is 34.2 Å². The molecule has 0 saturated heterocycles. The zero-order valence-corrected chi connectivity index (χ0v) is 16.5. The highest BCUT2D eigenvalue weighted by molar-refractivity contribution is 5.89. The van der Waals surface area contributed by atoms with Crippen LogP contribution in [0.3, 0.4) is 0 Å². The third-order valence-electron chi connectivity index (χ3n) is 4.92. The Hall–Kier alpha value is -3.73. The number of methoxy groups -OCH3 is 3. The molecule has 0 unspecified atom stereocenters. The standard InChI is InChI=1S/C24H21NO4/c1-27-19-11-9-18(10-12-19)25-21(16-7-5-4-6-8-16)13-17-14-22(28-2)23(29-3)15-20(17)24(25)26/h4-15H,1-3H3. The van der Waals surface area contributed by atoms with Gasteiger partial charge in [-0.1, -0.05) is 30.3 Å². The van der Waals surface area contributed by atoms with Gasteiger partial charge in [-0.15, -0.1) is 0 Å². The Morgan fingerprint density at radius 2 is 1.38 bits per heavy atom. The zero-order valence-electron chi connectivity index (χ0n) is 16.5. The van der Waals surface area contributed by atoms with Crippen molar-refractivity contribution in [3.63, 3.8) is 0 Å². The minimum atomic E-state index is -0.132. The molecule has 146 valence electrons. The predicted molar refractivity (Wildman–Crippen MR) is 115 cm³/mol. The van der Waals surface area contributed by atoms with E-state index in [4.69, 9.17) is 14.2 Å². The van der Waals surface area contributed by atoms with Gasteiger partial charge in [0.15, 0.2) is 11.5 Å². The summed E-state index contributed by atoms with van der Waals surface area (Å²) in [6, 6.07) is 22.8. The Kier molecular flexibility index (Phi) is 4.96. The average Bonchev–Trinajstić information content (AvgIpc) is 2.78. The van der Waals surface area contributed by atoms with Gasteiger partial charge in [0.1, 0.15) is 5.75 Å². The molecular formula is C24H21NO4. The first-order valence-corrected chi connectivity index (χ1v) is 9.18. The van der Waals surface area contributed by atoms with Crippen molar-refractivity contribution in [2.24, 2.45) is 0 Å². The summed E-state index contributed by atoms with van der Waals surface area (Å²) in [6.07, 6.45) is 0. The van der Waals surface area contributed by atoms with Crippen molar-refractivity contribution in [2.75, 3.05) is 21.3 Å². The lowest BCUT2D eigenvalue weighted by molar-refractivity contribution is 0.356. The van der Waals surface area contributed by atoms with Crippen molar-refractivity contribution < 1.29 is 14.2 Å². The van der Waals surface area contributed by atoms with Crippen LogP contribution in [0.1, 0.15) is 0 Å². The molecule has 5 nitrogen and oxygen atoms in total. The molecule has 0 bridgehead atoms. The molecule has 4 aromatic rings. The smallest absolute Gasteiger partial charge is 0.263 e. The first kappa shape index (κ1) is 18.6. The molecule has 1 aromatic heterocycles. The molecular weight excluding hydrogens is 366 g/mol. The quantitative estimate of drug-likeness (QED) is 0.499. The first-order chi connectivity index (χ1) is 14.2. The Bertz CT molecular complexity index is 1210. The minimum absolute atomic E-state index is 0.132. The number of fused-ring (bicyclic) bond motifs is 1. The van der Waals surface area contributed by atoms with E-state index in [0.29, 0.717) is 16.9 Å². The summed E-state index contributed by atoms with van der Waals surface area (Å²) in [5, 5.41) is 1.34. The van der Waals surface area contributed by atoms with Crippen LogP contribution in [0.4, 0.5) is 0 Å². The van der Waals surface area contributed by atoms with Crippen molar-refractivity contribution in [1.29, 1.82) is 0 Å². The molecule has 0 fully saturated rings. The summed E-state index contributed by atoms with van der Waals surface area (Å²) in [5.41, 5.74) is 2.36. The SMILES string of the molecule is COc1ccc(-n2c(-c3ccccc3)cc3cc(OC)c(OC)cc3c2=O)cc1. The van der Waals surface area contributed by atoms with Gasteiger partial charge in [0.05, 0.1) is 32.4 Å². The van der Waals surface area contributed by atoms with E-state index in [1.54, 1.807) is 32.0 Å². The minimum Gasteiger partial charge on any atom is -0.497 e. The molecule has 0 amide bonds. The summed E-state index contributed by atoms with van der Waals surface area (Å²) in [4.78, 5) is 13.6. The maximum Gasteiger partial charge on any atom is 0.263 e. The van der Waals surface area contributed by atoms with Gasteiger partial charge in [0.2, 0.25) is 0 Å². The normalized spacial score (nSPS) is 10.7. The van der Waals surface area contributed by atoms with Crippen LogP contribution in [-0.2, 0) is 0 Å². The maximum absolute atomic E-state index is 13.6. The van der Waals surface area contributed by atoms with Crippen LogP contribution < -0.4 is 19.8 Å². The topological polar surface area (TPSA) is 49.7 Å². The van der Waals surface area contributed by atoms with Crippen molar-refractivity contribution in [2.45, 2.75) is 0 Å². The number of ether oxygens (including phenoxy) is 3. The molecule has 4 rings (SSSR count). The summed E-state index contributed by atoms with van der Waals surface area (Å²) < 4.78 is 17.8. The molecule has 0 spiro atoms. The fraction of sp³-hybridized carbons (Fsp3) is 0.125. The molecule has 0 aliphatic carbocycles. The number of rotatable bonds is 5. The molecule has 29 heavy (non-hydrogen) atoms. The molecule has 0 aliphatic rings. The Labute approximate surface area is 168 Å². The van der Waals surface area contributed by atoms with E-state index in [9.17, 15) is 4.79 Å². The van der Waals surface area contributed by atoms with E-state index in [0.717, 1.165) is 28.1 Å². The number of nitrogens with zero attached hydrogens (tertiary/aromatic N) is 1. The molecule has 3 aromatic carbocycles. The zero-order chi connectivity index (χ0) is 20.4. The van der Waals surface area contributed by atoms with E-state index in [2.05, 4.69) is 0 Å². The van der Waals surface area contributed by atoms with E-state index in [1.165, 1.54) is 0 Å². The molecule has 5 heteroatoms. The molecule has 0 saturated carbocycles. The first-order valence-electron chi connectivity index (χ1n) is 9.18. The maximum atomic E-state index is 13.6. The van der Waals surface area contributed by atoms with E-state index in [1.807, 2.05) is 66.7 Å². The summed E-state index contributed by atoms with van der Waals surface area (Å²) in [7, 11) is 4.76. The van der Waals surface area contributed by atoms with Gasteiger partial charge < -0.3 is 14.2 Å². The van der Waals surface area contributed by atoms with Gasteiger partial charge >= 0.3 is 0 Å².